The van der Waals surface area contributed by atoms with Gasteiger partial charge in [0.1, 0.15) is 5.82 Å². The van der Waals surface area contributed by atoms with Crippen molar-refractivity contribution < 1.29 is 9.18 Å². The molecule has 21 heavy (non-hydrogen) atoms. The van der Waals surface area contributed by atoms with Gasteiger partial charge in [-0.1, -0.05) is 23.7 Å². The van der Waals surface area contributed by atoms with Crippen LogP contribution in [0.3, 0.4) is 0 Å². The van der Waals surface area contributed by atoms with E-state index >= 15 is 0 Å². The smallest absolute Gasteiger partial charge is 0.256 e. The molecule has 1 amide bonds. The second-order valence-electron chi connectivity index (χ2n) is 4.99. The molecule has 1 N–H and O–H groups in total. The molecule has 0 aliphatic carbocycles. The summed E-state index contributed by atoms with van der Waals surface area (Å²) in [5.74, 6) is -1.12. The Bertz CT molecular complexity index is 646. The van der Waals surface area contributed by atoms with Gasteiger partial charge in [0.2, 0.25) is 0 Å². The molecule has 0 aliphatic heterocycles. The van der Waals surface area contributed by atoms with E-state index in [-0.39, 0.29) is 16.6 Å². The minimum absolute atomic E-state index is 0.102. The standard InChI is InChI=1S/C16H16ClFN2O/c1-10-5-6-13(18)14(15(10)17)16(21)20-11(2)8-12-4-3-7-19-9-12/h3-7,9,11H,8H2,1-2H3,(H,20,21)/t11-/m1/s1. The Balaban J connectivity index is 2.10. The second-order valence-corrected chi connectivity index (χ2v) is 5.37. The van der Waals surface area contributed by atoms with Crippen LogP contribution in [-0.4, -0.2) is 16.9 Å². The summed E-state index contributed by atoms with van der Waals surface area (Å²) in [4.78, 5) is 16.2. The first-order chi connectivity index (χ1) is 9.99. The maximum absolute atomic E-state index is 13.8. The van der Waals surface area contributed by atoms with Crippen LogP contribution in [0.2, 0.25) is 5.02 Å². The van der Waals surface area contributed by atoms with E-state index in [0.717, 1.165) is 5.56 Å². The monoisotopic (exact) mass is 306 g/mol. The Kier molecular flexibility index (Phi) is 4.91. The summed E-state index contributed by atoms with van der Waals surface area (Å²) >= 11 is 6.03. The third-order valence-electron chi connectivity index (χ3n) is 3.15. The summed E-state index contributed by atoms with van der Waals surface area (Å²) in [6.45, 7) is 3.59. The molecule has 1 heterocycles. The lowest BCUT2D eigenvalue weighted by Crippen LogP contribution is -2.34. The Morgan fingerprint density at radius 3 is 2.86 bits per heavy atom. The van der Waals surface area contributed by atoms with Crippen LogP contribution >= 0.6 is 11.6 Å². The Hall–Kier alpha value is -1.94. The zero-order valence-corrected chi connectivity index (χ0v) is 12.6. The molecule has 2 rings (SSSR count). The van der Waals surface area contributed by atoms with E-state index in [1.165, 1.54) is 6.07 Å². The Labute approximate surface area is 128 Å². The van der Waals surface area contributed by atoms with Crippen LogP contribution in [-0.2, 0) is 6.42 Å². The number of pyridine rings is 1. The van der Waals surface area contributed by atoms with Crippen molar-refractivity contribution in [3.8, 4) is 0 Å². The first-order valence-electron chi connectivity index (χ1n) is 6.63. The Morgan fingerprint density at radius 2 is 2.19 bits per heavy atom. The zero-order valence-electron chi connectivity index (χ0n) is 11.9. The van der Waals surface area contributed by atoms with Gasteiger partial charge in [-0.05, 0) is 43.5 Å². The summed E-state index contributed by atoms with van der Waals surface area (Å²) in [7, 11) is 0. The molecule has 0 aliphatic rings. The molecule has 0 bridgehead atoms. The van der Waals surface area contributed by atoms with Crippen LogP contribution in [0.25, 0.3) is 0 Å². The van der Waals surface area contributed by atoms with E-state index in [1.54, 1.807) is 25.4 Å². The third kappa shape index (κ3) is 3.79. The SMILES string of the molecule is Cc1ccc(F)c(C(=O)N[C@H](C)Cc2cccnc2)c1Cl. The van der Waals surface area contributed by atoms with E-state index in [1.807, 2.05) is 19.1 Å². The van der Waals surface area contributed by atoms with Gasteiger partial charge in [0.25, 0.3) is 5.91 Å². The minimum Gasteiger partial charge on any atom is -0.349 e. The second kappa shape index (κ2) is 6.68. The van der Waals surface area contributed by atoms with Gasteiger partial charge in [0.05, 0.1) is 10.6 Å². The maximum Gasteiger partial charge on any atom is 0.256 e. The average molecular weight is 307 g/mol. The number of hydrogen-bond acceptors (Lipinski definition) is 2. The number of rotatable bonds is 4. The fourth-order valence-electron chi connectivity index (χ4n) is 2.08. The predicted molar refractivity (Wildman–Crippen MR) is 81.0 cm³/mol. The molecule has 3 nitrogen and oxygen atoms in total. The van der Waals surface area contributed by atoms with Gasteiger partial charge >= 0.3 is 0 Å². The highest BCUT2D eigenvalue weighted by Crippen LogP contribution is 2.23. The molecule has 0 fully saturated rings. The van der Waals surface area contributed by atoms with E-state index in [4.69, 9.17) is 11.6 Å². The molecular weight excluding hydrogens is 291 g/mol. The largest absolute Gasteiger partial charge is 0.349 e. The number of aryl methyl sites for hydroxylation is 1. The molecule has 0 radical (unpaired) electrons. The van der Waals surface area contributed by atoms with Crippen LogP contribution in [0.4, 0.5) is 4.39 Å². The molecule has 1 atom stereocenters. The topological polar surface area (TPSA) is 42.0 Å². The van der Waals surface area contributed by atoms with E-state index < -0.39 is 11.7 Å². The first kappa shape index (κ1) is 15.4. The van der Waals surface area contributed by atoms with Crippen molar-refractivity contribution in [3.05, 3.63) is 64.2 Å². The number of nitrogens with one attached hydrogen (secondary N) is 1. The van der Waals surface area contributed by atoms with Gasteiger partial charge in [-0.2, -0.15) is 0 Å². The van der Waals surface area contributed by atoms with Crippen molar-refractivity contribution >= 4 is 17.5 Å². The number of amides is 1. The van der Waals surface area contributed by atoms with Gasteiger partial charge in [0, 0.05) is 18.4 Å². The van der Waals surface area contributed by atoms with E-state index in [9.17, 15) is 9.18 Å². The zero-order chi connectivity index (χ0) is 15.4. The fourth-order valence-corrected chi connectivity index (χ4v) is 2.32. The highest BCUT2D eigenvalue weighted by molar-refractivity contribution is 6.34. The third-order valence-corrected chi connectivity index (χ3v) is 3.64. The van der Waals surface area contributed by atoms with Crippen molar-refractivity contribution in [2.75, 3.05) is 0 Å². The number of carbonyl (C=O) groups is 1. The number of nitrogens with zero attached hydrogens (tertiary/aromatic N) is 1. The molecule has 110 valence electrons. The molecule has 5 heteroatoms. The highest BCUT2D eigenvalue weighted by atomic mass is 35.5. The van der Waals surface area contributed by atoms with Crippen molar-refractivity contribution in [3.63, 3.8) is 0 Å². The van der Waals surface area contributed by atoms with Crippen molar-refractivity contribution in [1.29, 1.82) is 0 Å². The molecular formula is C16H16ClFN2O. The van der Waals surface area contributed by atoms with Crippen molar-refractivity contribution in [1.82, 2.24) is 10.3 Å². The normalized spacial score (nSPS) is 12.0. The number of aromatic nitrogens is 1. The van der Waals surface area contributed by atoms with Crippen molar-refractivity contribution in [2.45, 2.75) is 26.3 Å². The lowest BCUT2D eigenvalue weighted by atomic mass is 10.1. The molecule has 2 aromatic rings. The lowest BCUT2D eigenvalue weighted by molar-refractivity contribution is 0.0936. The predicted octanol–water partition coefficient (Wildman–Crippen LogP) is 3.54. The molecule has 0 spiro atoms. The van der Waals surface area contributed by atoms with E-state index in [0.29, 0.717) is 12.0 Å². The van der Waals surface area contributed by atoms with E-state index in [2.05, 4.69) is 10.3 Å². The fraction of sp³-hybridized carbons (Fsp3) is 0.250. The average Bonchev–Trinajstić information content (AvgIpc) is 2.44. The van der Waals surface area contributed by atoms with Gasteiger partial charge in [-0.3, -0.25) is 9.78 Å². The van der Waals surface area contributed by atoms with Gasteiger partial charge < -0.3 is 5.32 Å². The number of hydrogen-bond donors (Lipinski definition) is 1. The summed E-state index contributed by atoms with van der Waals surface area (Å²) in [6, 6.07) is 6.41. The molecule has 1 aromatic heterocycles. The Morgan fingerprint density at radius 1 is 1.43 bits per heavy atom. The maximum atomic E-state index is 13.8. The lowest BCUT2D eigenvalue weighted by Gasteiger charge is -2.15. The molecule has 0 saturated carbocycles. The van der Waals surface area contributed by atoms with Gasteiger partial charge in [-0.25, -0.2) is 4.39 Å². The van der Waals surface area contributed by atoms with Crippen LogP contribution < -0.4 is 5.32 Å². The summed E-state index contributed by atoms with van der Waals surface area (Å²) in [5, 5.41) is 2.92. The van der Waals surface area contributed by atoms with Crippen LogP contribution in [0.5, 0.6) is 0 Å². The van der Waals surface area contributed by atoms with Gasteiger partial charge in [-0.15, -0.1) is 0 Å². The summed E-state index contributed by atoms with van der Waals surface area (Å²) < 4.78 is 13.8. The first-order valence-corrected chi connectivity index (χ1v) is 7.01. The van der Waals surface area contributed by atoms with Crippen LogP contribution in [0, 0.1) is 12.7 Å². The molecule has 0 unspecified atom stereocenters. The van der Waals surface area contributed by atoms with Gasteiger partial charge in [0.15, 0.2) is 0 Å². The number of carbonyl (C=O) groups excluding carboxylic acids is 1. The highest BCUT2D eigenvalue weighted by Gasteiger charge is 2.19. The quantitative estimate of drug-likeness (QED) is 0.938. The summed E-state index contributed by atoms with van der Waals surface area (Å²) in [5.41, 5.74) is 1.57. The summed E-state index contributed by atoms with van der Waals surface area (Å²) in [6.07, 6.45) is 4.04. The molecule has 0 saturated heterocycles. The number of halogens is 2. The molecule has 1 aromatic carbocycles. The van der Waals surface area contributed by atoms with Crippen LogP contribution in [0.15, 0.2) is 36.7 Å². The number of benzene rings is 1. The van der Waals surface area contributed by atoms with Crippen molar-refractivity contribution in [2.24, 2.45) is 0 Å². The minimum atomic E-state index is -0.614. The van der Waals surface area contributed by atoms with Crippen LogP contribution in [0.1, 0.15) is 28.4 Å².